The van der Waals surface area contributed by atoms with Gasteiger partial charge in [-0.15, -0.1) is 11.3 Å². The molecule has 0 aliphatic rings. The predicted octanol–water partition coefficient (Wildman–Crippen LogP) is 3.87. The highest BCUT2D eigenvalue weighted by atomic mass is 32.1. The Hall–Kier alpha value is -1.61. The molecule has 1 aromatic carbocycles. The first-order chi connectivity index (χ1) is 8.70. The van der Waals surface area contributed by atoms with Gasteiger partial charge in [0.05, 0.1) is 7.11 Å². The first-order valence-corrected chi connectivity index (χ1v) is 6.70. The Labute approximate surface area is 111 Å². The van der Waals surface area contributed by atoms with Crippen molar-refractivity contribution in [1.29, 1.82) is 0 Å². The third-order valence-electron chi connectivity index (χ3n) is 2.84. The quantitative estimate of drug-likeness (QED) is 0.815. The zero-order valence-electron chi connectivity index (χ0n) is 10.6. The molecule has 0 aliphatic carbocycles. The number of hydrogen-bond acceptors (Lipinski definition) is 3. The summed E-state index contributed by atoms with van der Waals surface area (Å²) in [5.41, 5.74) is 1.18. The Balaban J connectivity index is 2.33. The molecule has 0 fully saturated rings. The van der Waals surface area contributed by atoms with Crippen molar-refractivity contribution in [3.8, 4) is 5.06 Å². The van der Waals surface area contributed by atoms with E-state index >= 15 is 0 Å². The van der Waals surface area contributed by atoms with Crippen LogP contribution in [0.25, 0.3) is 0 Å². The van der Waals surface area contributed by atoms with E-state index in [1.165, 1.54) is 10.4 Å². The zero-order chi connectivity index (χ0) is 13.0. The molecule has 18 heavy (non-hydrogen) atoms. The number of thiophene rings is 1. The topological polar surface area (TPSA) is 26.3 Å². The monoisotopic (exact) mass is 260 g/mol. The third-order valence-corrected chi connectivity index (χ3v) is 4.00. The molecule has 0 radical (unpaired) electrons. The molecule has 0 saturated carbocycles. The summed E-state index contributed by atoms with van der Waals surface area (Å²) in [6.45, 7) is 1.64. The minimum Gasteiger partial charge on any atom is -0.487 e. The van der Waals surface area contributed by atoms with E-state index in [-0.39, 0.29) is 11.7 Å². The van der Waals surface area contributed by atoms with Crippen molar-refractivity contribution in [2.45, 2.75) is 19.3 Å². The maximum absolute atomic E-state index is 11.5. The molecular weight excluding hydrogens is 244 g/mol. The fourth-order valence-electron chi connectivity index (χ4n) is 1.99. The molecule has 0 saturated heterocycles. The summed E-state index contributed by atoms with van der Waals surface area (Å²) < 4.78 is 5.22. The first kappa shape index (κ1) is 12.8. The zero-order valence-corrected chi connectivity index (χ0v) is 11.4. The minimum absolute atomic E-state index is 0.137. The number of methoxy groups -OCH3 is 1. The van der Waals surface area contributed by atoms with Crippen LogP contribution in [0.15, 0.2) is 42.5 Å². The smallest absolute Gasteiger partial charge is 0.173 e. The molecule has 2 rings (SSSR count). The molecule has 3 heteroatoms. The summed E-state index contributed by atoms with van der Waals surface area (Å²) in [6, 6.07) is 14.1. The Morgan fingerprint density at radius 2 is 1.94 bits per heavy atom. The van der Waals surface area contributed by atoms with E-state index in [1.807, 2.05) is 30.3 Å². The van der Waals surface area contributed by atoms with E-state index in [2.05, 4.69) is 12.1 Å². The number of carbonyl (C=O) groups excluding carboxylic acids is 1. The molecule has 94 valence electrons. The lowest BCUT2D eigenvalue weighted by Gasteiger charge is -2.14. The van der Waals surface area contributed by atoms with Crippen LogP contribution < -0.4 is 4.74 Å². The van der Waals surface area contributed by atoms with Gasteiger partial charge in [-0.25, -0.2) is 0 Å². The highest BCUT2D eigenvalue weighted by molar-refractivity contribution is 7.13. The molecular formula is C15H16O2S. The maximum Gasteiger partial charge on any atom is 0.173 e. The lowest BCUT2D eigenvalue weighted by molar-refractivity contribution is -0.117. The van der Waals surface area contributed by atoms with Crippen LogP contribution in [0.1, 0.15) is 29.7 Å². The molecule has 0 spiro atoms. The summed E-state index contributed by atoms with van der Waals surface area (Å²) >= 11 is 1.60. The summed E-state index contributed by atoms with van der Waals surface area (Å²) in [5.74, 6) is 0.341. The largest absolute Gasteiger partial charge is 0.487 e. The molecule has 1 atom stereocenters. The summed E-state index contributed by atoms with van der Waals surface area (Å²) in [6.07, 6.45) is 0.535. The molecule has 1 unspecified atom stereocenters. The normalized spacial score (nSPS) is 12.1. The van der Waals surface area contributed by atoms with Crippen molar-refractivity contribution in [1.82, 2.24) is 0 Å². The van der Waals surface area contributed by atoms with E-state index in [4.69, 9.17) is 4.74 Å². The number of rotatable bonds is 5. The van der Waals surface area contributed by atoms with E-state index < -0.39 is 0 Å². The summed E-state index contributed by atoms with van der Waals surface area (Å²) in [7, 11) is 1.66. The summed E-state index contributed by atoms with van der Waals surface area (Å²) in [5, 5.41) is 0.884. The highest BCUT2D eigenvalue weighted by Gasteiger charge is 2.18. The second-order valence-electron chi connectivity index (χ2n) is 4.23. The van der Waals surface area contributed by atoms with Crippen LogP contribution in [0.5, 0.6) is 5.06 Å². The van der Waals surface area contributed by atoms with E-state index in [9.17, 15) is 4.79 Å². The van der Waals surface area contributed by atoms with Gasteiger partial charge in [0.1, 0.15) is 5.78 Å². The van der Waals surface area contributed by atoms with Crippen molar-refractivity contribution in [2.75, 3.05) is 7.11 Å². The standard InChI is InChI=1S/C15H16O2S/c1-11(16)10-13(12-6-4-3-5-7-12)14-8-9-15(17-2)18-14/h3-9,13H,10H2,1-2H3. The number of hydrogen-bond donors (Lipinski definition) is 0. The maximum atomic E-state index is 11.5. The number of ketones is 1. The van der Waals surface area contributed by atoms with Crippen LogP contribution in [0.3, 0.4) is 0 Å². The van der Waals surface area contributed by atoms with Gasteiger partial charge >= 0.3 is 0 Å². The fourth-order valence-corrected chi connectivity index (χ4v) is 2.94. The van der Waals surface area contributed by atoms with Crippen LogP contribution >= 0.6 is 11.3 Å². The van der Waals surface area contributed by atoms with Gasteiger partial charge in [-0.1, -0.05) is 30.3 Å². The molecule has 1 aromatic heterocycles. The molecule has 1 heterocycles. The highest BCUT2D eigenvalue weighted by Crippen LogP contribution is 2.36. The third kappa shape index (κ3) is 2.99. The molecule has 0 N–H and O–H groups in total. The second kappa shape index (κ2) is 5.83. The van der Waals surface area contributed by atoms with E-state index in [1.54, 1.807) is 25.4 Å². The molecule has 0 bridgehead atoms. The van der Waals surface area contributed by atoms with Crippen LogP contribution in [0, 0.1) is 0 Å². The SMILES string of the molecule is COc1ccc(C(CC(C)=O)c2ccccc2)s1. The number of benzene rings is 1. The lowest BCUT2D eigenvalue weighted by atomic mass is 9.93. The Morgan fingerprint density at radius 1 is 1.22 bits per heavy atom. The number of ether oxygens (including phenoxy) is 1. The Morgan fingerprint density at radius 3 is 2.50 bits per heavy atom. The fraction of sp³-hybridized carbons (Fsp3) is 0.267. The van der Waals surface area contributed by atoms with Crippen molar-refractivity contribution in [2.24, 2.45) is 0 Å². The summed E-state index contributed by atoms with van der Waals surface area (Å²) in [4.78, 5) is 12.6. The average Bonchev–Trinajstić information content (AvgIpc) is 2.85. The van der Waals surface area contributed by atoms with Gasteiger partial charge < -0.3 is 4.74 Å². The average molecular weight is 260 g/mol. The van der Waals surface area contributed by atoms with Crippen LogP contribution in [0.2, 0.25) is 0 Å². The van der Waals surface area contributed by atoms with Crippen molar-refractivity contribution in [3.05, 3.63) is 52.9 Å². The molecule has 2 nitrogen and oxygen atoms in total. The van der Waals surface area contributed by atoms with Crippen LogP contribution in [-0.2, 0) is 4.79 Å². The molecule has 0 amide bonds. The van der Waals surface area contributed by atoms with E-state index in [0.29, 0.717) is 6.42 Å². The van der Waals surface area contributed by atoms with Crippen LogP contribution in [-0.4, -0.2) is 12.9 Å². The van der Waals surface area contributed by atoms with Crippen molar-refractivity contribution < 1.29 is 9.53 Å². The lowest BCUT2D eigenvalue weighted by Crippen LogP contribution is -2.04. The van der Waals surface area contributed by atoms with Gasteiger partial charge in [0.2, 0.25) is 0 Å². The Bertz CT molecular complexity index is 516. The number of carbonyl (C=O) groups is 1. The molecule has 2 aromatic rings. The van der Waals surface area contributed by atoms with Gasteiger partial charge in [-0.05, 0) is 24.6 Å². The van der Waals surface area contributed by atoms with Gasteiger partial charge in [0.15, 0.2) is 5.06 Å². The van der Waals surface area contributed by atoms with Crippen molar-refractivity contribution >= 4 is 17.1 Å². The van der Waals surface area contributed by atoms with Gasteiger partial charge in [-0.2, -0.15) is 0 Å². The Kier molecular flexibility index (Phi) is 4.15. The van der Waals surface area contributed by atoms with Gasteiger partial charge in [0.25, 0.3) is 0 Å². The predicted molar refractivity (Wildman–Crippen MR) is 74.5 cm³/mol. The van der Waals surface area contributed by atoms with Crippen molar-refractivity contribution in [3.63, 3.8) is 0 Å². The minimum atomic E-state index is 0.137. The first-order valence-electron chi connectivity index (χ1n) is 5.89. The van der Waals surface area contributed by atoms with E-state index in [0.717, 1.165) is 5.06 Å². The van der Waals surface area contributed by atoms with Gasteiger partial charge in [-0.3, -0.25) is 4.79 Å². The number of Topliss-reactive ketones (excluding diaryl/α,β-unsaturated/α-hetero) is 1. The van der Waals surface area contributed by atoms with Gasteiger partial charge in [0, 0.05) is 17.2 Å². The second-order valence-corrected chi connectivity index (χ2v) is 5.31. The van der Waals surface area contributed by atoms with Crippen LogP contribution in [0.4, 0.5) is 0 Å². The molecule has 0 aliphatic heterocycles.